The van der Waals surface area contributed by atoms with E-state index in [1.54, 1.807) is 13.8 Å². The lowest BCUT2D eigenvalue weighted by Gasteiger charge is -2.35. The molecule has 1 rings (SSSR count). The standard InChI is InChI=1S/C13H24NO2SSi/c1-12(2,3)18(6,7)16-8-10-9-17-11(14-10)13(4,5)15/h15H,8H2,1-7H3. The molecule has 1 radical (unpaired) electrons. The molecule has 0 amide bonds. The summed E-state index contributed by atoms with van der Waals surface area (Å²) in [5.41, 5.74) is -0.0990. The highest BCUT2D eigenvalue weighted by molar-refractivity contribution is 7.09. The lowest BCUT2D eigenvalue weighted by atomic mass is 10.2. The van der Waals surface area contributed by atoms with Crippen molar-refractivity contribution in [2.75, 3.05) is 0 Å². The van der Waals surface area contributed by atoms with Crippen molar-refractivity contribution in [2.24, 2.45) is 0 Å². The van der Waals surface area contributed by atoms with Crippen molar-refractivity contribution in [3.05, 3.63) is 16.1 Å². The number of rotatable bonds is 4. The maximum absolute atomic E-state index is 9.86. The molecule has 0 bridgehead atoms. The molecule has 0 fully saturated rings. The predicted octanol–water partition coefficient (Wildman–Crippen LogP) is 3.69. The quantitative estimate of drug-likeness (QED) is 0.858. The zero-order valence-electron chi connectivity index (χ0n) is 12.4. The molecule has 103 valence electrons. The van der Waals surface area contributed by atoms with Crippen LogP contribution < -0.4 is 0 Å². The minimum Gasteiger partial charge on any atom is -0.411 e. The first-order chi connectivity index (χ1) is 7.93. The lowest BCUT2D eigenvalue weighted by molar-refractivity contribution is 0.0779. The van der Waals surface area contributed by atoms with Crippen LogP contribution in [-0.4, -0.2) is 18.4 Å². The third kappa shape index (κ3) is 3.88. The molecule has 1 heterocycles. The third-order valence-electron chi connectivity index (χ3n) is 3.40. The monoisotopic (exact) mass is 286 g/mol. The summed E-state index contributed by atoms with van der Waals surface area (Å²) in [7, 11) is -1.74. The molecule has 0 spiro atoms. The number of hydrogen-bond acceptors (Lipinski definition) is 4. The second kappa shape index (κ2) is 5.04. The van der Waals surface area contributed by atoms with Gasteiger partial charge in [0.25, 0.3) is 0 Å². The van der Waals surface area contributed by atoms with E-state index in [1.165, 1.54) is 11.3 Å². The van der Waals surface area contributed by atoms with Gasteiger partial charge in [-0.15, -0.1) is 11.3 Å². The minimum atomic E-state index is -1.74. The first-order valence-corrected chi connectivity index (χ1v) is 9.90. The Kier molecular flexibility index (Phi) is 4.43. The molecule has 1 N–H and O–H groups in total. The summed E-state index contributed by atoms with van der Waals surface area (Å²) in [6, 6.07) is 0. The van der Waals surface area contributed by atoms with Crippen LogP contribution in [0.3, 0.4) is 0 Å². The van der Waals surface area contributed by atoms with Gasteiger partial charge in [-0.3, -0.25) is 0 Å². The molecule has 0 saturated heterocycles. The first-order valence-electron chi connectivity index (χ1n) is 6.18. The van der Waals surface area contributed by atoms with Crippen molar-refractivity contribution in [2.45, 2.75) is 65.0 Å². The zero-order valence-corrected chi connectivity index (χ0v) is 14.2. The molecule has 0 aliphatic heterocycles. The number of aliphatic hydroxyl groups is 1. The Bertz CT molecular complexity index is 402. The first kappa shape index (κ1) is 15.8. The summed E-state index contributed by atoms with van der Waals surface area (Å²) in [6.45, 7) is 15.0. The van der Waals surface area contributed by atoms with Crippen LogP contribution in [0.2, 0.25) is 18.1 Å². The highest BCUT2D eigenvalue weighted by Crippen LogP contribution is 2.37. The second-order valence-corrected chi connectivity index (χ2v) is 12.3. The van der Waals surface area contributed by atoms with E-state index < -0.39 is 13.9 Å². The largest absolute Gasteiger partial charge is 0.411 e. The molecule has 1 aromatic rings. The van der Waals surface area contributed by atoms with Gasteiger partial charge in [0.15, 0.2) is 8.32 Å². The van der Waals surface area contributed by atoms with Gasteiger partial charge in [-0.05, 0) is 32.0 Å². The van der Waals surface area contributed by atoms with Crippen LogP contribution in [0.25, 0.3) is 0 Å². The highest BCUT2D eigenvalue weighted by atomic mass is 32.1. The highest BCUT2D eigenvalue weighted by Gasteiger charge is 2.37. The Balaban J connectivity index is 2.68. The van der Waals surface area contributed by atoms with Gasteiger partial charge in [0.05, 0.1) is 17.7 Å². The number of thiazole rings is 1. The Morgan fingerprint density at radius 2 is 1.83 bits per heavy atom. The molecule has 0 aromatic carbocycles. The van der Waals surface area contributed by atoms with Crippen LogP contribution >= 0.6 is 11.3 Å². The summed E-state index contributed by atoms with van der Waals surface area (Å²) in [4.78, 5) is 4.38. The molecule has 0 unspecified atom stereocenters. The van der Waals surface area contributed by atoms with E-state index in [9.17, 15) is 5.11 Å². The maximum Gasteiger partial charge on any atom is 0.192 e. The van der Waals surface area contributed by atoms with Crippen molar-refractivity contribution >= 4 is 19.7 Å². The summed E-state index contributed by atoms with van der Waals surface area (Å²) in [6.07, 6.45) is 0. The average molecular weight is 286 g/mol. The van der Waals surface area contributed by atoms with Gasteiger partial charge in [0.1, 0.15) is 10.6 Å². The van der Waals surface area contributed by atoms with E-state index in [0.29, 0.717) is 11.6 Å². The van der Waals surface area contributed by atoms with Gasteiger partial charge in [-0.25, -0.2) is 4.98 Å². The summed E-state index contributed by atoms with van der Waals surface area (Å²) in [5, 5.41) is 13.8. The SMILES string of the molecule is CC(C)(O)c1nc(CO[Si](C)(C)C(C)(C)C)[c]s1. The normalized spacial score (nSPS) is 14.0. The molecule has 0 atom stereocenters. The molecule has 0 aliphatic carbocycles. The second-order valence-electron chi connectivity index (χ2n) is 6.68. The minimum absolute atomic E-state index is 0.197. The molecule has 0 saturated carbocycles. The van der Waals surface area contributed by atoms with Crippen LogP contribution in [-0.2, 0) is 16.6 Å². The Labute approximate surface area is 115 Å². The average Bonchev–Trinajstić information content (AvgIpc) is 2.60. The van der Waals surface area contributed by atoms with Gasteiger partial charge in [-0.1, -0.05) is 20.8 Å². The number of aromatic nitrogens is 1. The number of nitrogens with zero attached hydrogens (tertiary/aromatic N) is 1. The Hall–Kier alpha value is -0.233. The molecule has 0 aliphatic rings. The Morgan fingerprint density at radius 3 is 2.22 bits per heavy atom. The lowest BCUT2D eigenvalue weighted by Crippen LogP contribution is -2.40. The van der Waals surface area contributed by atoms with Gasteiger partial charge >= 0.3 is 0 Å². The number of hydrogen-bond donors (Lipinski definition) is 1. The maximum atomic E-state index is 9.86. The summed E-state index contributed by atoms with van der Waals surface area (Å²) in [5.74, 6) is 0. The molecule has 5 heteroatoms. The van der Waals surface area contributed by atoms with Crippen molar-refractivity contribution in [1.82, 2.24) is 4.98 Å². The molecule has 3 nitrogen and oxygen atoms in total. The summed E-state index contributed by atoms with van der Waals surface area (Å²) >= 11 is 1.36. The van der Waals surface area contributed by atoms with Crippen LogP contribution in [0, 0.1) is 5.38 Å². The van der Waals surface area contributed by atoms with E-state index >= 15 is 0 Å². The fraction of sp³-hybridized carbons (Fsp3) is 0.769. The summed E-state index contributed by atoms with van der Waals surface area (Å²) < 4.78 is 6.08. The molecule has 18 heavy (non-hydrogen) atoms. The van der Waals surface area contributed by atoms with Gasteiger partial charge in [0, 0.05) is 0 Å². The van der Waals surface area contributed by atoms with Gasteiger partial charge in [-0.2, -0.15) is 0 Å². The van der Waals surface area contributed by atoms with Crippen LogP contribution in [0.5, 0.6) is 0 Å². The van der Waals surface area contributed by atoms with E-state index in [2.05, 4.69) is 44.2 Å². The fourth-order valence-electron chi connectivity index (χ4n) is 1.06. The van der Waals surface area contributed by atoms with E-state index in [0.717, 1.165) is 5.69 Å². The Morgan fingerprint density at radius 1 is 1.28 bits per heavy atom. The molecular weight excluding hydrogens is 262 g/mol. The fourth-order valence-corrected chi connectivity index (χ4v) is 2.72. The van der Waals surface area contributed by atoms with E-state index in [-0.39, 0.29) is 5.04 Å². The van der Waals surface area contributed by atoms with Crippen molar-refractivity contribution < 1.29 is 9.53 Å². The van der Waals surface area contributed by atoms with Crippen molar-refractivity contribution in [3.8, 4) is 0 Å². The van der Waals surface area contributed by atoms with E-state index in [4.69, 9.17) is 4.43 Å². The van der Waals surface area contributed by atoms with Crippen molar-refractivity contribution in [3.63, 3.8) is 0 Å². The predicted molar refractivity (Wildman–Crippen MR) is 78.2 cm³/mol. The van der Waals surface area contributed by atoms with Crippen molar-refractivity contribution in [1.29, 1.82) is 0 Å². The molecule has 1 aromatic heterocycles. The van der Waals surface area contributed by atoms with E-state index in [1.807, 2.05) is 0 Å². The zero-order chi connectivity index (χ0) is 14.2. The molecular formula is C13H24NO2SSi. The third-order valence-corrected chi connectivity index (χ3v) is 9.00. The van der Waals surface area contributed by atoms with Gasteiger partial charge < -0.3 is 9.53 Å². The van der Waals surface area contributed by atoms with Crippen LogP contribution in [0.1, 0.15) is 45.3 Å². The van der Waals surface area contributed by atoms with Crippen LogP contribution in [0.4, 0.5) is 0 Å². The van der Waals surface area contributed by atoms with Crippen LogP contribution in [0.15, 0.2) is 0 Å². The van der Waals surface area contributed by atoms with Gasteiger partial charge in [0.2, 0.25) is 0 Å². The smallest absolute Gasteiger partial charge is 0.192 e. The topological polar surface area (TPSA) is 42.4 Å².